The molecule has 0 aliphatic rings. The van der Waals surface area contributed by atoms with Gasteiger partial charge in [0.15, 0.2) is 0 Å². The Bertz CT molecular complexity index is 1250. The Balaban J connectivity index is 2.49. The summed E-state index contributed by atoms with van der Waals surface area (Å²) in [4.78, 5) is 55.1. The Morgan fingerprint density at radius 2 is 1.45 bits per heavy atom. The Kier molecular flexibility index (Phi) is 11.7. The standard InChI is InChI=1S/C33H47N3O6/c1-11-36(29(38)23(4)34-31(40)42-33(8,9)10)27(25-18-17-21(2)19-22(25)3)28(37)35-26(30(39)41-32(5,6)7)20-24-15-13-12-14-16-24/h12-19,23,26-27H,11,20H2,1-10H3,(H,34,40)(H,35,37). The number of rotatable bonds is 10. The molecule has 3 atom stereocenters. The van der Waals surface area contributed by atoms with Gasteiger partial charge in [0.2, 0.25) is 11.8 Å². The van der Waals surface area contributed by atoms with Crippen molar-refractivity contribution in [2.45, 2.75) is 105 Å². The van der Waals surface area contributed by atoms with Crippen molar-refractivity contribution < 1.29 is 28.7 Å². The molecule has 9 nitrogen and oxygen atoms in total. The highest BCUT2D eigenvalue weighted by Crippen LogP contribution is 2.27. The molecule has 0 fully saturated rings. The van der Waals surface area contributed by atoms with Crippen LogP contribution in [0.1, 0.15) is 83.7 Å². The van der Waals surface area contributed by atoms with Crippen LogP contribution in [0.5, 0.6) is 0 Å². The Labute approximate surface area is 250 Å². The minimum absolute atomic E-state index is 0.167. The van der Waals surface area contributed by atoms with Gasteiger partial charge in [-0.2, -0.15) is 0 Å². The Morgan fingerprint density at radius 1 is 0.857 bits per heavy atom. The zero-order valence-electron chi connectivity index (χ0n) is 26.7. The highest BCUT2D eigenvalue weighted by atomic mass is 16.6. The minimum Gasteiger partial charge on any atom is -0.458 e. The second kappa shape index (κ2) is 14.3. The van der Waals surface area contributed by atoms with Gasteiger partial charge in [-0.3, -0.25) is 9.59 Å². The van der Waals surface area contributed by atoms with E-state index in [-0.39, 0.29) is 13.0 Å². The molecule has 0 bridgehead atoms. The van der Waals surface area contributed by atoms with Crippen molar-refractivity contribution in [3.8, 4) is 0 Å². The Morgan fingerprint density at radius 3 is 1.98 bits per heavy atom. The third-order valence-electron chi connectivity index (χ3n) is 6.30. The van der Waals surface area contributed by atoms with Gasteiger partial charge in [0.25, 0.3) is 0 Å². The van der Waals surface area contributed by atoms with E-state index >= 15 is 0 Å². The number of hydrogen-bond acceptors (Lipinski definition) is 6. The lowest BCUT2D eigenvalue weighted by Gasteiger charge is -2.34. The maximum atomic E-state index is 14.2. The van der Waals surface area contributed by atoms with Crippen LogP contribution in [0.4, 0.5) is 4.79 Å². The molecule has 42 heavy (non-hydrogen) atoms. The van der Waals surface area contributed by atoms with Crippen molar-refractivity contribution in [2.24, 2.45) is 0 Å². The Hall–Kier alpha value is -3.88. The van der Waals surface area contributed by atoms with Crippen LogP contribution in [0.25, 0.3) is 0 Å². The molecule has 0 saturated carbocycles. The molecule has 9 heteroatoms. The van der Waals surface area contributed by atoms with E-state index in [1.165, 1.54) is 4.90 Å². The summed E-state index contributed by atoms with van der Waals surface area (Å²) in [6, 6.07) is 11.9. The zero-order valence-corrected chi connectivity index (χ0v) is 26.7. The van der Waals surface area contributed by atoms with Gasteiger partial charge in [0.05, 0.1) is 0 Å². The number of likely N-dealkylation sites (N-methyl/N-ethyl adjacent to an activating group) is 1. The summed E-state index contributed by atoms with van der Waals surface area (Å²) >= 11 is 0. The summed E-state index contributed by atoms with van der Waals surface area (Å²) in [5, 5.41) is 5.47. The number of benzene rings is 2. The molecule has 0 saturated heterocycles. The number of amides is 3. The maximum Gasteiger partial charge on any atom is 0.408 e. The van der Waals surface area contributed by atoms with Gasteiger partial charge in [-0.15, -0.1) is 0 Å². The third kappa shape index (κ3) is 10.5. The lowest BCUT2D eigenvalue weighted by atomic mass is 9.96. The van der Waals surface area contributed by atoms with Crippen molar-refractivity contribution in [2.75, 3.05) is 6.54 Å². The summed E-state index contributed by atoms with van der Waals surface area (Å²) in [6.45, 7) is 17.8. The lowest BCUT2D eigenvalue weighted by Crippen LogP contribution is -2.54. The van der Waals surface area contributed by atoms with Gasteiger partial charge in [-0.25, -0.2) is 9.59 Å². The van der Waals surface area contributed by atoms with Crippen LogP contribution in [0.15, 0.2) is 48.5 Å². The molecule has 0 heterocycles. The van der Waals surface area contributed by atoms with Crippen LogP contribution in [0.3, 0.4) is 0 Å². The van der Waals surface area contributed by atoms with Crippen molar-refractivity contribution in [1.82, 2.24) is 15.5 Å². The number of nitrogens with zero attached hydrogens (tertiary/aromatic N) is 1. The molecule has 2 N–H and O–H groups in total. The number of esters is 1. The number of aryl methyl sites for hydroxylation is 2. The monoisotopic (exact) mass is 581 g/mol. The van der Waals surface area contributed by atoms with Crippen molar-refractivity contribution >= 4 is 23.9 Å². The number of alkyl carbamates (subject to hydrolysis) is 1. The van der Waals surface area contributed by atoms with Crippen LogP contribution in [0, 0.1) is 13.8 Å². The van der Waals surface area contributed by atoms with Crippen LogP contribution in [-0.2, 0) is 30.3 Å². The summed E-state index contributed by atoms with van der Waals surface area (Å²) in [5.74, 6) is -1.58. The van der Waals surface area contributed by atoms with Crippen molar-refractivity contribution in [3.05, 3.63) is 70.8 Å². The molecule has 0 aliphatic carbocycles. The molecule has 3 unspecified atom stereocenters. The average Bonchev–Trinajstić information content (AvgIpc) is 2.85. The first-order valence-corrected chi connectivity index (χ1v) is 14.4. The van der Waals surface area contributed by atoms with E-state index in [1.54, 1.807) is 55.4 Å². The summed E-state index contributed by atoms with van der Waals surface area (Å²) in [7, 11) is 0. The van der Waals surface area contributed by atoms with Gasteiger partial charge >= 0.3 is 12.1 Å². The van der Waals surface area contributed by atoms with E-state index in [0.717, 1.165) is 16.7 Å². The molecule has 0 radical (unpaired) electrons. The molecular formula is C33H47N3O6. The van der Waals surface area contributed by atoms with Gasteiger partial charge in [-0.1, -0.05) is 54.1 Å². The number of nitrogens with one attached hydrogen (secondary N) is 2. The first-order chi connectivity index (χ1) is 19.4. The van der Waals surface area contributed by atoms with Crippen molar-refractivity contribution in [1.29, 1.82) is 0 Å². The number of ether oxygens (including phenoxy) is 2. The first-order valence-electron chi connectivity index (χ1n) is 14.4. The fourth-order valence-corrected chi connectivity index (χ4v) is 4.51. The van der Waals surface area contributed by atoms with Crippen LogP contribution in [-0.4, -0.2) is 58.6 Å². The summed E-state index contributed by atoms with van der Waals surface area (Å²) in [6.07, 6.45) is -0.530. The molecular weight excluding hydrogens is 534 g/mol. The number of carbonyl (C=O) groups excluding carboxylic acids is 4. The topological polar surface area (TPSA) is 114 Å². The quantitative estimate of drug-likeness (QED) is 0.374. The molecule has 0 spiro atoms. The highest BCUT2D eigenvalue weighted by Gasteiger charge is 2.37. The molecule has 0 aliphatic heterocycles. The molecule has 230 valence electrons. The third-order valence-corrected chi connectivity index (χ3v) is 6.30. The largest absolute Gasteiger partial charge is 0.458 e. The van der Waals surface area contributed by atoms with Gasteiger partial charge in [0, 0.05) is 13.0 Å². The van der Waals surface area contributed by atoms with E-state index in [1.807, 2.05) is 62.4 Å². The first kappa shape index (κ1) is 34.3. The zero-order chi connectivity index (χ0) is 31.8. The molecule has 2 aromatic carbocycles. The number of carbonyl (C=O) groups is 4. The predicted octanol–water partition coefficient (Wildman–Crippen LogP) is 5.18. The van der Waals surface area contributed by atoms with Crippen molar-refractivity contribution in [3.63, 3.8) is 0 Å². The smallest absolute Gasteiger partial charge is 0.408 e. The normalized spacial score (nSPS) is 13.8. The van der Waals surface area contributed by atoms with E-state index in [2.05, 4.69) is 10.6 Å². The fraction of sp³-hybridized carbons (Fsp3) is 0.515. The van der Waals surface area contributed by atoms with E-state index in [4.69, 9.17) is 9.47 Å². The molecule has 3 amide bonds. The second-order valence-electron chi connectivity index (χ2n) is 12.5. The fourth-order valence-electron chi connectivity index (χ4n) is 4.51. The molecule has 0 aromatic heterocycles. The van der Waals surface area contributed by atoms with E-state index < -0.39 is 53.2 Å². The minimum atomic E-state index is -1.08. The van der Waals surface area contributed by atoms with Gasteiger partial charge in [0.1, 0.15) is 29.3 Å². The SMILES string of the molecule is CCN(C(=O)C(C)NC(=O)OC(C)(C)C)C(C(=O)NC(Cc1ccccc1)C(=O)OC(C)(C)C)c1ccc(C)cc1C. The van der Waals surface area contributed by atoms with Crippen LogP contribution < -0.4 is 10.6 Å². The van der Waals surface area contributed by atoms with Crippen LogP contribution in [0.2, 0.25) is 0 Å². The average molecular weight is 582 g/mol. The lowest BCUT2D eigenvalue weighted by molar-refractivity contribution is -0.159. The van der Waals surface area contributed by atoms with E-state index in [0.29, 0.717) is 5.56 Å². The summed E-state index contributed by atoms with van der Waals surface area (Å²) < 4.78 is 11.0. The number of hydrogen-bond donors (Lipinski definition) is 2. The van der Waals surface area contributed by atoms with Gasteiger partial charge in [-0.05, 0) is 85.9 Å². The van der Waals surface area contributed by atoms with Gasteiger partial charge < -0.3 is 25.0 Å². The summed E-state index contributed by atoms with van der Waals surface area (Å²) in [5.41, 5.74) is 1.76. The second-order valence-corrected chi connectivity index (χ2v) is 12.5. The maximum absolute atomic E-state index is 14.2. The molecule has 2 rings (SSSR count). The highest BCUT2D eigenvalue weighted by molar-refractivity contribution is 5.94. The van der Waals surface area contributed by atoms with Crippen LogP contribution >= 0.6 is 0 Å². The predicted molar refractivity (Wildman–Crippen MR) is 163 cm³/mol. The molecule has 2 aromatic rings. The van der Waals surface area contributed by atoms with E-state index in [9.17, 15) is 19.2 Å².